The molecule has 7 nitrogen and oxygen atoms in total. The highest BCUT2D eigenvalue weighted by molar-refractivity contribution is 7.89. The lowest BCUT2D eigenvalue weighted by molar-refractivity contribution is -0.128. The largest absolute Gasteiger partial charge is 0.342 e. The van der Waals surface area contributed by atoms with Crippen LogP contribution in [0.5, 0.6) is 0 Å². The molecule has 2 aromatic carbocycles. The van der Waals surface area contributed by atoms with E-state index >= 15 is 0 Å². The molecule has 0 saturated carbocycles. The molecule has 0 spiro atoms. The molecule has 3 rings (SSSR count). The van der Waals surface area contributed by atoms with E-state index in [0.29, 0.717) is 25.3 Å². The number of rotatable bonds is 6. The Hall–Kier alpha value is -2.78. The number of benzene rings is 2. The second kappa shape index (κ2) is 9.57. The number of anilines is 1. The van der Waals surface area contributed by atoms with E-state index in [9.17, 15) is 22.4 Å². The van der Waals surface area contributed by atoms with Gasteiger partial charge in [-0.05, 0) is 48.7 Å². The molecule has 1 heterocycles. The minimum atomic E-state index is -4.01. The summed E-state index contributed by atoms with van der Waals surface area (Å²) in [4.78, 5) is 25.2. The molecule has 0 atom stereocenters. The minimum absolute atomic E-state index is 0.0447. The molecule has 0 aromatic heterocycles. The van der Waals surface area contributed by atoms with Gasteiger partial charge in [-0.3, -0.25) is 9.59 Å². The number of nitrogens with one attached hydrogen (secondary N) is 1. The van der Waals surface area contributed by atoms with Gasteiger partial charge in [0.15, 0.2) is 0 Å². The monoisotopic (exact) mass is 447 g/mol. The van der Waals surface area contributed by atoms with Crippen molar-refractivity contribution in [3.8, 4) is 0 Å². The fourth-order valence-corrected chi connectivity index (χ4v) is 5.03. The Labute approximate surface area is 181 Å². The molecular weight excluding hydrogens is 421 g/mol. The Kier molecular flexibility index (Phi) is 7.07. The van der Waals surface area contributed by atoms with Gasteiger partial charge in [0.25, 0.3) is 5.91 Å². The standard InChI is InChI=1S/C22H26FN3O4S/c1-16(27)25(2)15-17-7-6-8-19(13-17)24-22(28)18-9-10-20(23)21(14-18)31(29,30)26-11-4-3-5-12-26/h6-10,13-14H,3-5,11-12,15H2,1-2H3,(H,24,28). The van der Waals surface area contributed by atoms with Gasteiger partial charge in [-0.25, -0.2) is 12.8 Å². The number of nitrogens with zero attached hydrogens (tertiary/aromatic N) is 2. The van der Waals surface area contributed by atoms with Gasteiger partial charge in [0.1, 0.15) is 10.7 Å². The highest BCUT2D eigenvalue weighted by Gasteiger charge is 2.29. The van der Waals surface area contributed by atoms with Crippen molar-refractivity contribution in [3.05, 3.63) is 59.4 Å². The zero-order valence-corrected chi connectivity index (χ0v) is 18.4. The first-order valence-corrected chi connectivity index (χ1v) is 11.5. The Bertz CT molecular complexity index is 1080. The van der Waals surface area contributed by atoms with Crippen LogP contribution < -0.4 is 5.32 Å². The van der Waals surface area contributed by atoms with Gasteiger partial charge < -0.3 is 10.2 Å². The molecule has 1 fully saturated rings. The summed E-state index contributed by atoms with van der Waals surface area (Å²) >= 11 is 0. The number of carbonyl (C=O) groups excluding carboxylic acids is 2. The van der Waals surface area contributed by atoms with Crippen molar-refractivity contribution in [1.82, 2.24) is 9.21 Å². The second-order valence-corrected chi connectivity index (χ2v) is 9.55. The van der Waals surface area contributed by atoms with E-state index in [1.807, 2.05) is 6.07 Å². The summed E-state index contributed by atoms with van der Waals surface area (Å²) < 4.78 is 41.4. The van der Waals surface area contributed by atoms with E-state index < -0.39 is 26.6 Å². The van der Waals surface area contributed by atoms with Gasteiger partial charge in [-0.15, -0.1) is 0 Å². The lowest BCUT2D eigenvalue weighted by Gasteiger charge is -2.26. The maximum Gasteiger partial charge on any atom is 0.255 e. The van der Waals surface area contributed by atoms with Crippen LogP contribution >= 0.6 is 0 Å². The summed E-state index contributed by atoms with van der Waals surface area (Å²) in [5, 5.41) is 2.71. The predicted molar refractivity (Wildman–Crippen MR) is 116 cm³/mol. The minimum Gasteiger partial charge on any atom is -0.342 e. The first-order chi connectivity index (χ1) is 14.7. The summed E-state index contributed by atoms with van der Waals surface area (Å²) in [6.07, 6.45) is 2.41. The Morgan fingerprint density at radius 2 is 1.81 bits per heavy atom. The summed E-state index contributed by atoms with van der Waals surface area (Å²) in [5.41, 5.74) is 1.36. The maximum absolute atomic E-state index is 14.4. The van der Waals surface area contributed by atoms with Crippen LogP contribution in [-0.4, -0.2) is 49.6 Å². The summed E-state index contributed by atoms with van der Waals surface area (Å²) in [5.74, 6) is -1.51. The van der Waals surface area contributed by atoms with Gasteiger partial charge in [0.05, 0.1) is 0 Å². The van der Waals surface area contributed by atoms with E-state index in [0.717, 1.165) is 37.0 Å². The van der Waals surface area contributed by atoms with Crippen LogP contribution in [0.1, 0.15) is 42.1 Å². The number of amides is 2. The molecule has 2 amide bonds. The number of sulfonamides is 1. The summed E-state index contributed by atoms with van der Waals surface area (Å²) in [6.45, 7) is 2.54. The van der Waals surface area contributed by atoms with E-state index in [1.165, 1.54) is 17.3 Å². The van der Waals surface area contributed by atoms with Crippen LogP contribution in [0.2, 0.25) is 0 Å². The van der Waals surface area contributed by atoms with Crippen molar-refractivity contribution in [3.63, 3.8) is 0 Å². The smallest absolute Gasteiger partial charge is 0.255 e. The molecule has 1 aliphatic heterocycles. The second-order valence-electron chi connectivity index (χ2n) is 7.64. The average molecular weight is 448 g/mol. The molecule has 1 aliphatic rings. The molecular formula is C22H26FN3O4S. The first kappa shape index (κ1) is 22.9. The van der Waals surface area contributed by atoms with Gasteiger partial charge >= 0.3 is 0 Å². The SMILES string of the molecule is CC(=O)N(C)Cc1cccc(NC(=O)c2ccc(F)c(S(=O)(=O)N3CCCCC3)c2)c1. The highest BCUT2D eigenvalue weighted by atomic mass is 32.2. The van der Waals surface area contributed by atoms with Crippen LogP contribution in [0.3, 0.4) is 0 Å². The van der Waals surface area contributed by atoms with Crippen molar-refractivity contribution < 1.29 is 22.4 Å². The molecule has 0 unspecified atom stereocenters. The quantitative estimate of drug-likeness (QED) is 0.737. The van der Waals surface area contributed by atoms with Gasteiger partial charge in [-0.2, -0.15) is 4.31 Å². The molecule has 31 heavy (non-hydrogen) atoms. The van der Waals surface area contributed by atoms with Crippen molar-refractivity contribution in [2.24, 2.45) is 0 Å². The van der Waals surface area contributed by atoms with Crippen LogP contribution in [0.25, 0.3) is 0 Å². The average Bonchev–Trinajstić information content (AvgIpc) is 2.74. The molecule has 1 saturated heterocycles. The highest BCUT2D eigenvalue weighted by Crippen LogP contribution is 2.24. The molecule has 1 N–H and O–H groups in total. The number of halogens is 1. The van der Waals surface area contributed by atoms with Gasteiger partial charge in [0, 0.05) is 44.9 Å². The molecule has 2 aromatic rings. The zero-order chi connectivity index (χ0) is 22.6. The Morgan fingerprint density at radius 3 is 2.48 bits per heavy atom. The molecule has 9 heteroatoms. The Balaban J connectivity index is 1.80. The van der Waals surface area contributed by atoms with Crippen molar-refractivity contribution in [1.29, 1.82) is 0 Å². The Morgan fingerprint density at radius 1 is 1.10 bits per heavy atom. The van der Waals surface area contributed by atoms with Crippen LogP contribution in [-0.2, 0) is 21.4 Å². The summed E-state index contributed by atoms with van der Waals surface area (Å²) in [7, 11) is -2.33. The summed E-state index contributed by atoms with van der Waals surface area (Å²) in [6, 6.07) is 10.3. The number of carbonyl (C=O) groups is 2. The van der Waals surface area contributed by atoms with Crippen LogP contribution in [0.15, 0.2) is 47.4 Å². The van der Waals surface area contributed by atoms with Crippen LogP contribution in [0.4, 0.5) is 10.1 Å². The third kappa shape index (κ3) is 5.48. The van der Waals surface area contributed by atoms with E-state index in [2.05, 4.69) is 5.32 Å². The molecule has 0 aliphatic carbocycles. The van der Waals surface area contributed by atoms with E-state index in [4.69, 9.17) is 0 Å². The fourth-order valence-electron chi connectivity index (χ4n) is 3.42. The predicted octanol–water partition coefficient (Wildman–Crippen LogP) is 3.23. The van der Waals surface area contributed by atoms with E-state index in [-0.39, 0.29) is 11.5 Å². The van der Waals surface area contributed by atoms with E-state index in [1.54, 1.807) is 30.1 Å². The maximum atomic E-state index is 14.4. The number of piperidine rings is 1. The lowest BCUT2D eigenvalue weighted by Crippen LogP contribution is -2.36. The molecule has 0 bridgehead atoms. The molecule has 0 radical (unpaired) electrons. The third-order valence-corrected chi connectivity index (χ3v) is 7.18. The first-order valence-electron chi connectivity index (χ1n) is 10.1. The topological polar surface area (TPSA) is 86.8 Å². The fraction of sp³-hybridized carbons (Fsp3) is 0.364. The zero-order valence-electron chi connectivity index (χ0n) is 17.6. The lowest BCUT2D eigenvalue weighted by atomic mass is 10.1. The normalized spacial score (nSPS) is 14.8. The van der Waals surface area contributed by atoms with Gasteiger partial charge in [0.2, 0.25) is 15.9 Å². The van der Waals surface area contributed by atoms with Crippen molar-refractivity contribution >= 4 is 27.5 Å². The van der Waals surface area contributed by atoms with Crippen molar-refractivity contribution in [2.45, 2.75) is 37.6 Å². The van der Waals surface area contributed by atoms with Crippen LogP contribution in [0, 0.1) is 5.82 Å². The molecule has 166 valence electrons. The number of hydrogen-bond donors (Lipinski definition) is 1. The number of hydrogen-bond acceptors (Lipinski definition) is 4. The third-order valence-electron chi connectivity index (χ3n) is 5.27. The van der Waals surface area contributed by atoms with Gasteiger partial charge in [-0.1, -0.05) is 18.6 Å². The van der Waals surface area contributed by atoms with Crippen molar-refractivity contribution in [2.75, 3.05) is 25.5 Å².